The number of hydrogen-bond donors (Lipinski definition) is 2. The molecule has 3 N–H and O–H groups in total. The number of aromatic nitrogens is 5. The van der Waals surface area contributed by atoms with Gasteiger partial charge >= 0.3 is 0 Å². The predicted octanol–water partition coefficient (Wildman–Crippen LogP) is 4.90. The maximum absolute atomic E-state index is 6.42. The number of nitrogens with one attached hydrogen (secondary N) is 1. The average molecular weight is 663 g/mol. The van der Waals surface area contributed by atoms with Gasteiger partial charge in [-0.3, -0.25) is 14.6 Å². The first-order valence-corrected chi connectivity index (χ1v) is 16.1. The molecule has 4 aromatic rings. The summed E-state index contributed by atoms with van der Waals surface area (Å²) in [6.07, 6.45) is 15.2. The molecule has 1 aromatic carbocycles. The number of oxazole rings is 1. The van der Waals surface area contributed by atoms with Crippen LogP contribution in [0.2, 0.25) is 5.02 Å². The van der Waals surface area contributed by atoms with E-state index in [0.717, 1.165) is 63.1 Å². The lowest BCUT2D eigenvalue weighted by atomic mass is 9.90. The number of morpholine rings is 1. The Bertz CT molecular complexity index is 1620. The Morgan fingerprint density at radius 2 is 1.89 bits per heavy atom. The van der Waals surface area contributed by atoms with Crippen LogP contribution < -0.4 is 20.5 Å². The van der Waals surface area contributed by atoms with Crippen LogP contribution in [0.4, 0.5) is 11.6 Å². The molecule has 2 fully saturated rings. The summed E-state index contributed by atoms with van der Waals surface area (Å²) in [6.45, 7) is 6.11. The Kier molecular flexibility index (Phi) is 10.9. The minimum Gasteiger partial charge on any atom is -0.487 e. The first kappa shape index (κ1) is 32.4. The highest BCUT2D eigenvalue weighted by Crippen LogP contribution is 2.35. The second-order valence-corrected chi connectivity index (χ2v) is 11.8. The van der Waals surface area contributed by atoms with Crippen LogP contribution in [0.1, 0.15) is 44.5 Å². The summed E-state index contributed by atoms with van der Waals surface area (Å²) < 4.78 is 25.0. The molecule has 3 aromatic heterocycles. The van der Waals surface area contributed by atoms with Crippen LogP contribution in [0.5, 0.6) is 11.6 Å². The minimum atomic E-state index is -0.226. The number of benzene rings is 1. The van der Waals surface area contributed by atoms with Crippen LogP contribution in [-0.4, -0.2) is 87.3 Å². The molecule has 6 rings (SSSR count). The second kappa shape index (κ2) is 15.8. The Labute approximate surface area is 278 Å². The summed E-state index contributed by atoms with van der Waals surface area (Å²) in [5.41, 5.74) is 7.55. The third-order valence-electron chi connectivity index (χ3n) is 8.20. The van der Waals surface area contributed by atoms with Crippen molar-refractivity contribution in [2.75, 3.05) is 38.2 Å². The van der Waals surface area contributed by atoms with Gasteiger partial charge in [0.25, 0.3) is 5.88 Å². The molecule has 0 unspecified atom stereocenters. The minimum absolute atomic E-state index is 0.149. The van der Waals surface area contributed by atoms with E-state index in [1.165, 1.54) is 18.9 Å². The maximum atomic E-state index is 6.42. The molecule has 2 aliphatic rings. The van der Waals surface area contributed by atoms with Crippen molar-refractivity contribution in [3.63, 3.8) is 0 Å². The standard InChI is InChI=1S/C32H39ClN10O4/c1-22(15-35-21-36-20-34)47-29-14-23(2-7-27(29)33)24-16-38-32(39-17-24)40-28-18-43(41-31(28)46-19-30-37-8-11-45-30)26-5-3-25(4-6-26)42-9-12-44-13-10-42/h2,7-8,11,14,16-18,20-22,25-26H,3-6,9-10,12-13,15,19H2,1H3,(H2,34,35,36)(H,38,39,40)/t22-,25?,26?/m0/s1. The lowest BCUT2D eigenvalue weighted by Crippen LogP contribution is -2.45. The van der Waals surface area contributed by atoms with Gasteiger partial charge in [0.1, 0.15) is 30.1 Å². The van der Waals surface area contributed by atoms with Crippen molar-refractivity contribution >= 4 is 35.9 Å². The molecule has 1 aliphatic heterocycles. The molecule has 248 valence electrons. The van der Waals surface area contributed by atoms with Gasteiger partial charge in [-0.15, -0.1) is 5.10 Å². The van der Waals surface area contributed by atoms with Crippen molar-refractivity contribution in [1.29, 1.82) is 0 Å². The highest BCUT2D eigenvalue weighted by Gasteiger charge is 2.29. The van der Waals surface area contributed by atoms with E-state index in [2.05, 4.69) is 35.2 Å². The number of halogens is 1. The Balaban J connectivity index is 1.13. The smallest absolute Gasteiger partial charge is 0.257 e. The summed E-state index contributed by atoms with van der Waals surface area (Å²) in [7, 11) is 0. The fourth-order valence-electron chi connectivity index (χ4n) is 5.81. The van der Waals surface area contributed by atoms with Crippen molar-refractivity contribution in [3.8, 4) is 22.8 Å². The zero-order valence-corrected chi connectivity index (χ0v) is 27.0. The third-order valence-corrected chi connectivity index (χ3v) is 8.52. The van der Waals surface area contributed by atoms with Crippen LogP contribution in [0.25, 0.3) is 11.1 Å². The molecule has 14 nitrogen and oxygen atoms in total. The number of ether oxygens (including phenoxy) is 3. The molecule has 1 aliphatic carbocycles. The monoisotopic (exact) mass is 662 g/mol. The maximum Gasteiger partial charge on any atom is 0.257 e. The van der Waals surface area contributed by atoms with E-state index in [0.29, 0.717) is 46.8 Å². The molecular weight excluding hydrogens is 624 g/mol. The van der Waals surface area contributed by atoms with Crippen LogP contribution >= 0.6 is 11.6 Å². The molecule has 4 heterocycles. The quantitative estimate of drug-likeness (QED) is 0.148. The van der Waals surface area contributed by atoms with E-state index in [1.807, 2.05) is 29.9 Å². The number of aliphatic imine (C=N–C) groups is 2. The largest absolute Gasteiger partial charge is 0.487 e. The van der Waals surface area contributed by atoms with Crippen molar-refractivity contribution in [2.24, 2.45) is 15.7 Å². The summed E-state index contributed by atoms with van der Waals surface area (Å²) in [5, 5.41) is 8.62. The number of rotatable bonds is 13. The summed E-state index contributed by atoms with van der Waals surface area (Å²) in [5.74, 6) is 1.84. The van der Waals surface area contributed by atoms with Gasteiger partial charge in [0.05, 0.1) is 49.6 Å². The highest BCUT2D eigenvalue weighted by atomic mass is 35.5. The van der Waals surface area contributed by atoms with Crippen molar-refractivity contribution in [2.45, 2.75) is 57.4 Å². The topological polar surface area (TPSA) is 163 Å². The van der Waals surface area contributed by atoms with Gasteiger partial charge in [0.2, 0.25) is 11.8 Å². The summed E-state index contributed by atoms with van der Waals surface area (Å²) in [4.78, 5) is 23.8. The van der Waals surface area contributed by atoms with Gasteiger partial charge in [-0.2, -0.15) is 0 Å². The average Bonchev–Trinajstić information content (AvgIpc) is 3.78. The molecule has 15 heteroatoms. The highest BCUT2D eigenvalue weighted by molar-refractivity contribution is 6.32. The summed E-state index contributed by atoms with van der Waals surface area (Å²) in [6, 6.07) is 6.40. The van der Waals surface area contributed by atoms with E-state index in [4.69, 9.17) is 41.1 Å². The van der Waals surface area contributed by atoms with E-state index < -0.39 is 0 Å². The second-order valence-electron chi connectivity index (χ2n) is 11.4. The van der Waals surface area contributed by atoms with E-state index in [-0.39, 0.29) is 18.8 Å². The fraction of sp³-hybridized carbons (Fsp3) is 0.438. The molecule has 1 saturated heterocycles. The van der Waals surface area contributed by atoms with Gasteiger partial charge < -0.3 is 29.7 Å². The SMILES string of the molecule is C[C@@H](CN=CN=CN)Oc1cc(-c2cnc(Nc3cn(C4CCC(N5CCOCC5)CC4)nc3OCc3ncco3)nc2)ccc1Cl. The van der Waals surface area contributed by atoms with Crippen molar-refractivity contribution < 1.29 is 18.6 Å². The first-order valence-electron chi connectivity index (χ1n) is 15.7. The first-order chi connectivity index (χ1) is 23.1. The Morgan fingerprint density at radius 3 is 2.64 bits per heavy atom. The van der Waals surface area contributed by atoms with Crippen molar-refractivity contribution in [3.05, 3.63) is 60.2 Å². The lowest BCUT2D eigenvalue weighted by Gasteiger charge is -2.38. The molecule has 0 amide bonds. The normalized spacial score (nSPS) is 19.7. The van der Waals surface area contributed by atoms with E-state index >= 15 is 0 Å². The molecule has 1 saturated carbocycles. The van der Waals surface area contributed by atoms with E-state index in [1.54, 1.807) is 24.7 Å². The van der Waals surface area contributed by atoms with Gasteiger partial charge in [0.15, 0.2) is 6.61 Å². The number of anilines is 2. The van der Waals surface area contributed by atoms with E-state index in [9.17, 15) is 0 Å². The zero-order chi connectivity index (χ0) is 32.4. The van der Waals surface area contributed by atoms with Crippen LogP contribution in [0.15, 0.2) is 63.7 Å². The number of nitrogens with two attached hydrogens (primary N) is 1. The van der Waals surface area contributed by atoms with Crippen molar-refractivity contribution in [1.82, 2.24) is 29.6 Å². The predicted molar refractivity (Wildman–Crippen MR) is 179 cm³/mol. The van der Waals surface area contributed by atoms with Gasteiger partial charge in [-0.1, -0.05) is 17.7 Å². The molecular formula is C32H39ClN10O4. The van der Waals surface area contributed by atoms with Gasteiger partial charge in [-0.25, -0.2) is 19.9 Å². The number of nitrogens with zero attached hydrogens (tertiary/aromatic N) is 8. The van der Waals surface area contributed by atoms with Gasteiger partial charge in [0, 0.05) is 37.1 Å². The van der Waals surface area contributed by atoms with Crippen LogP contribution in [-0.2, 0) is 11.3 Å². The van der Waals surface area contributed by atoms with Crippen LogP contribution in [0.3, 0.4) is 0 Å². The molecule has 47 heavy (non-hydrogen) atoms. The Hall–Kier alpha value is -4.53. The fourth-order valence-corrected chi connectivity index (χ4v) is 5.97. The third kappa shape index (κ3) is 8.64. The molecule has 0 bridgehead atoms. The zero-order valence-electron chi connectivity index (χ0n) is 26.2. The molecule has 1 atom stereocenters. The molecule has 0 radical (unpaired) electrons. The lowest BCUT2D eigenvalue weighted by molar-refractivity contribution is 0.00502. The van der Waals surface area contributed by atoms with Crippen LogP contribution in [0, 0.1) is 0 Å². The Morgan fingerprint density at radius 1 is 1.11 bits per heavy atom. The number of hydrogen-bond acceptors (Lipinski definition) is 11. The molecule has 0 spiro atoms. The summed E-state index contributed by atoms with van der Waals surface area (Å²) >= 11 is 6.42. The van der Waals surface area contributed by atoms with Gasteiger partial charge in [-0.05, 0) is 50.3 Å².